The molecule has 0 aliphatic rings. The molecule has 3 rings (SSSR count). The van der Waals surface area contributed by atoms with E-state index in [4.69, 9.17) is 0 Å². The topological polar surface area (TPSA) is 70.6 Å². The molecule has 130 valence electrons. The normalized spacial score (nSPS) is 10.7. The molecular formula is C20H17N3O2S. The molecule has 0 bridgehead atoms. The van der Waals surface area contributed by atoms with E-state index in [1.165, 1.54) is 11.3 Å². The molecule has 0 saturated carbocycles. The van der Waals surface area contributed by atoms with E-state index in [-0.39, 0.29) is 11.8 Å². The van der Waals surface area contributed by atoms with Crippen molar-refractivity contribution in [2.45, 2.75) is 6.92 Å². The molecule has 0 atom stereocenters. The lowest BCUT2D eigenvalue weighted by Crippen LogP contribution is -2.18. The largest absolute Gasteiger partial charge is 0.322 e. The highest BCUT2D eigenvalue weighted by atomic mass is 32.1. The first kappa shape index (κ1) is 17.6. The molecule has 0 spiro atoms. The molecule has 5 nitrogen and oxygen atoms in total. The summed E-state index contributed by atoms with van der Waals surface area (Å²) in [5, 5.41) is 8.66. The number of hydrazone groups is 1. The van der Waals surface area contributed by atoms with Crippen LogP contribution in [0.25, 0.3) is 0 Å². The van der Waals surface area contributed by atoms with Gasteiger partial charge in [-0.1, -0.05) is 29.8 Å². The summed E-state index contributed by atoms with van der Waals surface area (Å²) in [4.78, 5) is 25.4. The van der Waals surface area contributed by atoms with Crippen molar-refractivity contribution in [1.29, 1.82) is 0 Å². The summed E-state index contributed by atoms with van der Waals surface area (Å²) in [6, 6.07) is 17.8. The number of nitrogens with one attached hydrogen (secondary N) is 2. The van der Waals surface area contributed by atoms with Gasteiger partial charge in [0, 0.05) is 21.7 Å². The Labute approximate surface area is 155 Å². The fourth-order valence-electron chi connectivity index (χ4n) is 2.23. The zero-order valence-electron chi connectivity index (χ0n) is 14.1. The molecule has 0 aliphatic carbocycles. The first-order chi connectivity index (χ1) is 12.6. The standard InChI is InChI=1S/C20H17N3O2S/c1-14-7-9-15(10-8-14)19(24)22-17-5-2-4-16(12-17)20(25)23-21-13-18-6-3-11-26-18/h2-13H,1H3,(H,22,24)(H,23,25). The zero-order valence-corrected chi connectivity index (χ0v) is 14.9. The van der Waals surface area contributed by atoms with Gasteiger partial charge in [0.1, 0.15) is 0 Å². The number of rotatable bonds is 5. The van der Waals surface area contributed by atoms with Crippen LogP contribution in [0.5, 0.6) is 0 Å². The van der Waals surface area contributed by atoms with Crippen molar-refractivity contribution in [3.8, 4) is 0 Å². The van der Waals surface area contributed by atoms with Crippen LogP contribution in [0.2, 0.25) is 0 Å². The third-order valence-electron chi connectivity index (χ3n) is 3.60. The van der Waals surface area contributed by atoms with Crippen LogP contribution in [-0.4, -0.2) is 18.0 Å². The van der Waals surface area contributed by atoms with Gasteiger partial charge in [0.05, 0.1) is 6.21 Å². The molecule has 3 aromatic rings. The molecule has 0 fully saturated rings. The molecule has 6 heteroatoms. The van der Waals surface area contributed by atoms with Crippen LogP contribution in [0.3, 0.4) is 0 Å². The maximum atomic E-state index is 12.3. The van der Waals surface area contributed by atoms with Crippen molar-refractivity contribution in [3.63, 3.8) is 0 Å². The maximum Gasteiger partial charge on any atom is 0.271 e. The van der Waals surface area contributed by atoms with Crippen LogP contribution in [-0.2, 0) is 0 Å². The number of carbonyl (C=O) groups is 2. The fraction of sp³-hybridized carbons (Fsp3) is 0.0500. The van der Waals surface area contributed by atoms with Crippen molar-refractivity contribution in [3.05, 3.63) is 87.6 Å². The van der Waals surface area contributed by atoms with Crippen LogP contribution in [0.1, 0.15) is 31.2 Å². The van der Waals surface area contributed by atoms with Crippen molar-refractivity contribution in [1.82, 2.24) is 5.43 Å². The zero-order chi connectivity index (χ0) is 18.4. The van der Waals surface area contributed by atoms with E-state index in [1.54, 1.807) is 42.6 Å². The van der Waals surface area contributed by atoms with Gasteiger partial charge in [-0.3, -0.25) is 9.59 Å². The first-order valence-electron chi connectivity index (χ1n) is 7.97. The number of anilines is 1. The van der Waals surface area contributed by atoms with Gasteiger partial charge in [0.25, 0.3) is 11.8 Å². The van der Waals surface area contributed by atoms with E-state index in [0.29, 0.717) is 16.8 Å². The monoisotopic (exact) mass is 363 g/mol. The minimum Gasteiger partial charge on any atom is -0.322 e. The summed E-state index contributed by atoms with van der Waals surface area (Å²) in [5.74, 6) is -0.567. The Morgan fingerprint density at radius 3 is 2.50 bits per heavy atom. The van der Waals surface area contributed by atoms with E-state index >= 15 is 0 Å². The Balaban J connectivity index is 1.64. The van der Waals surface area contributed by atoms with Gasteiger partial charge >= 0.3 is 0 Å². The Morgan fingerprint density at radius 1 is 0.962 bits per heavy atom. The van der Waals surface area contributed by atoms with Gasteiger partial charge in [0.15, 0.2) is 0 Å². The van der Waals surface area contributed by atoms with E-state index in [1.807, 2.05) is 36.6 Å². The van der Waals surface area contributed by atoms with Crippen molar-refractivity contribution in [2.24, 2.45) is 5.10 Å². The molecule has 1 heterocycles. The molecular weight excluding hydrogens is 346 g/mol. The summed E-state index contributed by atoms with van der Waals surface area (Å²) < 4.78 is 0. The molecule has 0 unspecified atom stereocenters. The average molecular weight is 363 g/mol. The summed E-state index contributed by atoms with van der Waals surface area (Å²) in [6.45, 7) is 1.96. The van der Waals surface area contributed by atoms with E-state index in [0.717, 1.165) is 10.4 Å². The Hall–Kier alpha value is -3.25. The lowest BCUT2D eigenvalue weighted by atomic mass is 10.1. The number of amides is 2. The highest BCUT2D eigenvalue weighted by Gasteiger charge is 2.09. The second-order valence-corrected chi connectivity index (χ2v) is 6.59. The lowest BCUT2D eigenvalue weighted by molar-refractivity contribution is 0.0953. The third-order valence-corrected chi connectivity index (χ3v) is 4.40. The fourth-order valence-corrected chi connectivity index (χ4v) is 2.82. The summed E-state index contributed by atoms with van der Waals surface area (Å²) >= 11 is 1.53. The first-order valence-corrected chi connectivity index (χ1v) is 8.85. The summed E-state index contributed by atoms with van der Waals surface area (Å²) in [5.41, 5.74) is 5.09. The van der Waals surface area contributed by atoms with E-state index in [2.05, 4.69) is 15.8 Å². The average Bonchev–Trinajstić information content (AvgIpc) is 3.16. The van der Waals surface area contributed by atoms with Gasteiger partial charge in [-0.15, -0.1) is 11.3 Å². The summed E-state index contributed by atoms with van der Waals surface area (Å²) in [7, 11) is 0. The number of aryl methyl sites for hydroxylation is 1. The number of thiophene rings is 1. The number of nitrogens with zero attached hydrogens (tertiary/aromatic N) is 1. The second kappa shape index (κ2) is 8.22. The third kappa shape index (κ3) is 4.64. The van der Waals surface area contributed by atoms with Gasteiger partial charge in [-0.2, -0.15) is 5.10 Å². The smallest absolute Gasteiger partial charge is 0.271 e. The predicted molar refractivity (Wildman–Crippen MR) is 105 cm³/mol. The number of carbonyl (C=O) groups excluding carboxylic acids is 2. The van der Waals surface area contributed by atoms with Crippen LogP contribution < -0.4 is 10.7 Å². The van der Waals surface area contributed by atoms with Crippen LogP contribution in [0, 0.1) is 6.92 Å². The maximum absolute atomic E-state index is 12.3. The van der Waals surface area contributed by atoms with Crippen LogP contribution in [0.15, 0.2) is 71.1 Å². The van der Waals surface area contributed by atoms with Crippen molar-refractivity contribution < 1.29 is 9.59 Å². The van der Waals surface area contributed by atoms with Crippen molar-refractivity contribution in [2.75, 3.05) is 5.32 Å². The van der Waals surface area contributed by atoms with Crippen molar-refractivity contribution >= 4 is 35.1 Å². The van der Waals surface area contributed by atoms with E-state index < -0.39 is 0 Å². The molecule has 2 N–H and O–H groups in total. The Morgan fingerprint density at radius 2 is 1.77 bits per heavy atom. The Kier molecular flexibility index (Phi) is 5.56. The molecule has 0 aliphatic heterocycles. The molecule has 2 amide bonds. The molecule has 0 radical (unpaired) electrons. The second-order valence-electron chi connectivity index (χ2n) is 5.62. The molecule has 2 aromatic carbocycles. The van der Waals surface area contributed by atoms with Crippen LogP contribution >= 0.6 is 11.3 Å². The highest BCUT2D eigenvalue weighted by Crippen LogP contribution is 2.13. The van der Waals surface area contributed by atoms with Gasteiger partial charge in [-0.25, -0.2) is 5.43 Å². The van der Waals surface area contributed by atoms with E-state index in [9.17, 15) is 9.59 Å². The minimum atomic E-state index is -0.343. The SMILES string of the molecule is Cc1ccc(C(=O)Nc2cccc(C(=O)NN=Cc3cccs3)c2)cc1. The molecule has 26 heavy (non-hydrogen) atoms. The van der Waals surface area contributed by atoms with Gasteiger partial charge in [-0.05, 0) is 48.7 Å². The predicted octanol–water partition coefficient (Wildman–Crippen LogP) is 4.07. The number of hydrogen-bond donors (Lipinski definition) is 2. The number of benzene rings is 2. The Bertz CT molecular complexity index is 932. The van der Waals surface area contributed by atoms with Crippen LogP contribution in [0.4, 0.5) is 5.69 Å². The molecule has 1 aromatic heterocycles. The molecule has 0 saturated heterocycles. The quantitative estimate of drug-likeness (QED) is 0.530. The number of hydrogen-bond acceptors (Lipinski definition) is 4. The van der Waals surface area contributed by atoms with Gasteiger partial charge < -0.3 is 5.32 Å². The van der Waals surface area contributed by atoms with Gasteiger partial charge in [0.2, 0.25) is 0 Å². The lowest BCUT2D eigenvalue weighted by Gasteiger charge is -2.07. The highest BCUT2D eigenvalue weighted by molar-refractivity contribution is 7.11. The summed E-state index contributed by atoms with van der Waals surface area (Å²) in [6.07, 6.45) is 1.59. The minimum absolute atomic E-state index is 0.224.